The zero-order chi connectivity index (χ0) is 12.1. The maximum atomic E-state index is 4.48. The van der Waals surface area contributed by atoms with Crippen LogP contribution in [0.15, 0.2) is 12.1 Å². The van der Waals surface area contributed by atoms with Crippen LogP contribution in [0.1, 0.15) is 51.6 Å². The Hall–Kier alpha value is 0.0875. The van der Waals surface area contributed by atoms with Crippen molar-refractivity contribution in [3.05, 3.63) is 23.7 Å². The third-order valence-corrected chi connectivity index (χ3v) is 2.58. The van der Waals surface area contributed by atoms with Crippen LogP contribution in [-0.2, 0) is 0 Å². The maximum Gasteiger partial charge on any atom is 0.177 e. The van der Waals surface area contributed by atoms with Crippen LogP contribution in [0.3, 0.4) is 0 Å². The van der Waals surface area contributed by atoms with Crippen LogP contribution in [0.4, 0.5) is 0 Å². The van der Waals surface area contributed by atoms with E-state index in [1.165, 1.54) is 0 Å². The minimum atomic E-state index is 0. The van der Waals surface area contributed by atoms with Crippen LogP contribution in [0.25, 0.3) is 11.2 Å². The van der Waals surface area contributed by atoms with Crippen LogP contribution < -0.4 is 0 Å². The summed E-state index contributed by atoms with van der Waals surface area (Å²) < 4.78 is 0. The van der Waals surface area contributed by atoms with Crippen molar-refractivity contribution in [1.29, 1.82) is 0 Å². The molecule has 0 amide bonds. The Bertz CT molecular complexity index is 451. The third-order valence-electron chi connectivity index (χ3n) is 2.58. The molecule has 2 aromatic heterocycles. The molecule has 0 aliphatic carbocycles. The number of rotatable bonds is 2. The number of aromatic nitrogens is 3. The fourth-order valence-electron chi connectivity index (χ4n) is 1.43. The summed E-state index contributed by atoms with van der Waals surface area (Å²) in [5.41, 5.74) is 2.88. The Morgan fingerprint density at radius 3 is 2.47 bits per heavy atom. The molecule has 1 N–H and O–H groups in total. The SMILES string of the molecule is CC.CCC(C)c1nc2nc(C)ccc2[nH]1.[Ra]. The van der Waals surface area contributed by atoms with E-state index in [0.29, 0.717) is 5.92 Å². The molecule has 2 rings (SSSR count). The zero-order valence-corrected chi connectivity index (χ0v) is 17.4. The molecule has 0 spiro atoms. The fourth-order valence-corrected chi connectivity index (χ4v) is 1.43. The van der Waals surface area contributed by atoms with Crippen LogP contribution in [0.2, 0.25) is 0 Å². The first kappa shape index (κ1) is 17.1. The van der Waals surface area contributed by atoms with Gasteiger partial charge in [0.1, 0.15) is 5.82 Å². The molecular formula is C13H21N3Ra. The number of fused-ring (bicyclic) bond motifs is 1. The van der Waals surface area contributed by atoms with Gasteiger partial charge in [-0.05, 0) is 25.5 Å². The second kappa shape index (κ2) is 8.24. The summed E-state index contributed by atoms with van der Waals surface area (Å²) in [4.78, 5) is 12.1. The van der Waals surface area contributed by atoms with Gasteiger partial charge in [-0.1, -0.05) is 27.7 Å². The van der Waals surface area contributed by atoms with Crippen LogP contribution in [0, 0.1) is 51.9 Å². The molecule has 0 fully saturated rings. The van der Waals surface area contributed by atoms with Gasteiger partial charge < -0.3 is 4.98 Å². The number of hydrogen-bond acceptors (Lipinski definition) is 2. The first-order valence-corrected chi connectivity index (χ1v) is 6.04. The Balaban J connectivity index is 0.000000811. The van der Waals surface area contributed by atoms with Gasteiger partial charge in [-0.15, -0.1) is 0 Å². The molecule has 0 aliphatic rings. The number of pyridine rings is 1. The molecule has 0 saturated carbocycles. The Kier molecular flexibility index (Phi) is 8.28. The second-order valence-electron chi connectivity index (χ2n) is 3.76. The van der Waals surface area contributed by atoms with Crippen LogP contribution >= 0.6 is 0 Å². The predicted molar refractivity (Wildman–Crippen MR) is 68.7 cm³/mol. The van der Waals surface area contributed by atoms with Gasteiger partial charge in [0.25, 0.3) is 0 Å². The van der Waals surface area contributed by atoms with Crippen molar-refractivity contribution in [1.82, 2.24) is 15.0 Å². The maximum absolute atomic E-state index is 4.48. The van der Waals surface area contributed by atoms with Gasteiger partial charge in [-0.3, -0.25) is 0 Å². The number of aromatic amines is 1. The minimum absolute atomic E-state index is 0. The molecule has 2 heterocycles. The first-order chi connectivity index (χ1) is 7.70. The molecule has 0 saturated heterocycles. The van der Waals surface area contributed by atoms with Gasteiger partial charge in [0.05, 0.1) is 5.52 Å². The standard InChI is InChI=1S/C11H15N3.C2H6.Ra/c1-4-7(2)10-13-9-6-5-8(3)12-11(9)14-10;1-2;/h5-7H,4H2,1-3H3,(H,12,13,14);1-2H3;. The predicted octanol–water partition coefficient (Wildman–Crippen LogP) is 3.81. The van der Waals surface area contributed by atoms with Gasteiger partial charge in [-0.25, -0.2) is 9.97 Å². The molecule has 3 nitrogen and oxygen atoms in total. The van der Waals surface area contributed by atoms with Crippen molar-refractivity contribution >= 4 is 11.2 Å². The molecule has 0 aliphatic heterocycles. The van der Waals surface area contributed by atoms with Crippen LogP contribution in [0.5, 0.6) is 0 Å². The number of nitrogens with one attached hydrogen (secondary N) is 1. The summed E-state index contributed by atoms with van der Waals surface area (Å²) in [6.07, 6.45) is 1.10. The van der Waals surface area contributed by atoms with Crippen molar-refractivity contribution in [2.75, 3.05) is 0 Å². The Labute approximate surface area is 140 Å². The van der Waals surface area contributed by atoms with E-state index in [1.807, 2.05) is 32.9 Å². The molecule has 2 aromatic rings. The average Bonchev–Trinajstić information content (AvgIpc) is 2.73. The number of aryl methyl sites for hydroxylation is 1. The zero-order valence-electron chi connectivity index (χ0n) is 11.5. The first-order valence-electron chi connectivity index (χ1n) is 6.04. The number of hydrogen-bond donors (Lipinski definition) is 1. The Morgan fingerprint density at radius 2 is 1.88 bits per heavy atom. The molecule has 17 heavy (non-hydrogen) atoms. The van der Waals surface area contributed by atoms with Crippen molar-refractivity contribution in [3.8, 4) is 0 Å². The van der Waals surface area contributed by atoms with E-state index in [9.17, 15) is 0 Å². The Morgan fingerprint density at radius 1 is 1.24 bits per heavy atom. The molecule has 90 valence electrons. The smallest absolute Gasteiger partial charge is 0.177 e. The van der Waals surface area contributed by atoms with Crippen molar-refractivity contribution in [2.45, 2.75) is 47.0 Å². The van der Waals surface area contributed by atoms with E-state index in [4.69, 9.17) is 0 Å². The number of nitrogens with zero attached hydrogens (tertiary/aromatic N) is 2. The quantitative estimate of drug-likeness (QED) is 0.764. The summed E-state index contributed by atoms with van der Waals surface area (Å²) in [5.74, 6) is 1.52. The van der Waals surface area contributed by atoms with Gasteiger partial charge >= 0.3 is 0 Å². The van der Waals surface area contributed by atoms with E-state index >= 15 is 0 Å². The number of imidazole rings is 1. The van der Waals surface area contributed by atoms with Crippen LogP contribution in [-0.4, -0.2) is 15.0 Å². The normalized spacial score (nSPS) is 11.4. The molecule has 0 aromatic carbocycles. The van der Waals surface area contributed by atoms with Gasteiger partial charge in [0.2, 0.25) is 0 Å². The molecular weight excluding hydrogens is 424 g/mol. The second-order valence-corrected chi connectivity index (χ2v) is 3.76. The van der Waals surface area contributed by atoms with E-state index in [2.05, 4.69) is 28.8 Å². The fraction of sp³-hybridized carbons (Fsp3) is 0.538. The summed E-state index contributed by atoms with van der Waals surface area (Å²) in [6.45, 7) is 10.3. The van der Waals surface area contributed by atoms with Gasteiger partial charge in [0, 0.05) is 56.6 Å². The number of H-pyrrole nitrogens is 1. The topological polar surface area (TPSA) is 41.6 Å². The summed E-state index contributed by atoms with van der Waals surface area (Å²) in [6, 6.07) is 4.04. The summed E-state index contributed by atoms with van der Waals surface area (Å²) in [7, 11) is 0. The molecule has 4 heteroatoms. The molecule has 1 unspecified atom stereocenters. The van der Waals surface area contributed by atoms with Crippen molar-refractivity contribution in [3.63, 3.8) is 0 Å². The average molecular weight is 445 g/mol. The van der Waals surface area contributed by atoms with E-state index in [0.717, 1.165) is 29.1 Å². The minimum Gasteiger partial charge on any atom is -0.340 e. The van der Waals surface area contributed by atoms with E-state index in [1.54, 1.807) is 0 Å². The third kappa shape index (κ3) is 4.35. The van der Waals surface area contributed by atoms with E-state index in [-0.39, 0.29) is 45.0 Å². The summed E-state index contributed by atoms with van der Waals surface area (Å²) >= 11 is 0. The van der Waals surface area contributed by atoms with Crippen molar-refractivity contribution < 1.29 is 45.0 Å². The van der Waals surface area contributed by atoms with E-state index < -0.39 is 0 Å². The van der Waals surface area contributed by atoms with Crippen molar-refractivity contribution in [2.24, 2.45) is 0 Å². The van der Waals surface area contributed by atoms with Gasteiger partial charge in [-0.2, -0.15) is 0 Å². The largest absolute Gasteiger partial charge is 0.340 e. The molecule has 1 atom stereocenters. The summed E-state index contributed by atoms with van der Waals surface area (Å²) in [5, 5.41) is 0. The molecule has 0 bridgehead atoms. The monoisotopic (exact) mass is 445 g/mol. The van der Waals surface area contributed by atoms with Gasteiger partial charge in [0.15, 0.2) is 5.65 Å². The molecule has 2 radical (unpaired) electrons.